The maximum absolute atomic E-state index is 13.2. The van der Waals surface area contributed by atoms with Crippen LogP contribution in [0, 0.1) is 5.92 Å². The van der Waals surface area contributed by atoms with Crippen LogP contribution in [0.4, 0.5) is 5.69 Å². The molecular weight excluding hydrogens is 530 g/mol. The normalized spacial score (nSPS) is 16.4. The number of nitrogens with zero attached hydrogens (tertiary/aromatic N) is 4. The first-order chi connectivity index (χ1) is 18.1. The zero-order valence-electron chi connectivity index (χ0n) is 20.7. The molecule has 37 heavy (non-hydrogen) atoms. The van der Waals surface area contributed by atoms with Gasteiger partial charge in [-0.15, -0.1) is 0 Å². The van der Waals surface area contributed by atoms with Gasteiger partial charge in [-0.2, -0.15) is 4.98 Å². The Balaban J connectivity index is 1.14. The molecule has 0 radical (unpaired) electrons. The van der Waals surface area contributed by atoms with E-state index in [0.29, 0.717) is 24.8 Å². The van der Waals surface area contributed by atoms with Gasteiger partial charge in [-0.1, -0.05) is 39.3 Å². The molecule has 1 aliphatic rings. The number of fused-ring (bicyclic) bond motifs is 3. The molecule has 8 heteroatoms. The second-order valence-corrected chi connectivity index (χ2v) is 10.5. The first-order valence-electron chi connectivity index (χ1n) is 12.7. The van der Waals surface area contributed by atoms with Gasteiger partial charge in [-0.25, -0.2) is 0 Å². The monoisotopic (exact) mass is 557 g/mol. The summed E-state index contributed by atoms with van der Waals surface area (Å²) >= 11 is 3.45. The molecule has 3 heterocycles. The lowest BCUT2D eigenvalue weighted by molar-refractivity contribution is -0.121. The van der Waals surface area contributed by atoms with Crippen LogP contribution in [0.2, 0.25) is 0 Å². The molecule has 1 amide bonds. The molecule has 0 aliphatic carbocycles. The fraction of sp³-hybridized carbons (Fsp3) is 0.276. The average molecular weight is 558 g/mol. The summed E-state index contributed by atoms with van der Waals surface area (Å²) in [7, 11) is 0. The topological polar surface area (TPSA) is 76.2 Å². The van der Waals surface area contributed by atoms with Crippen LogP contribution in [-0.2, 0) is 17.9 Å². The number of para-hydroxylation sites is 1. The molecule has 0 spiro atoms. The number of rotatable bonds is 6. The van der Waals surface area contributed by atoms with Gasteiger partial charge >= 0.3 is 0 Å². The van der Waals surface area contributed by atoms with E-state index in [1.54, 1.807) is 0 Å². The lowest BCUT2D eigenvalue weighted by Crippen LogP contribution is -2.40. The Morgan fingerprint density at radius 1 is 1.08 bits per heavy atom. The number of benzene rings is 3. The number of hydrogen-bond donors (Lipinski definition) is 1. The predicted molar refractivity (Wildman–Crippen MR) is 149 cm³/mol. The summed E-state index contributed by atoms with van der Waals surface area (Å²) in [4.78, 5) is 20.0. The minimum atomic E-state index is -0.0877. The largest absolute Gasteiger partial charge is 0.341 e. The highest BCUT2D eigenvalue weighted by molar-refractivity contribution is 9.10. The Morgan fingerprint density at radius 3 is 2.73 bits per heavy atom. The lowest BCUT2D eigenvalue weighted by Gasteiger charge is -2.30. The number of carbonyl (C=O) groups excluding carboxylic acids is 1. The van der Waals surface area contributed by atoms with Crippen LogP contribution < -0.4 is 5.32 Å². The minimum absolute atomic E-state index is 0.0596. The van der Waals surface area contributed by atoms with Crippen molar-refractivity contribution in [1.82, 2.24) is 19.6 Å². The van der Waals surface area contributed by atoms with Crippen molar-refractivity contribution in [1.29, 1.82) is 0 Å². The van der Waals surface area contributed by atoms with E-state index in [1.165, 1.54) is 21.8 Å². The molecule has 5 aromatic rings. The maximum Gasteiger partial charge on any atom is 0.241 e. The fourth-order valence-electron chi connectivity index (χ4n) is 5.36. The number of carbonyl (C=O) groups is 1. The molecule has 1 unspecified atom stereocenters. The fourth-order valence-corrected chi connectivity index (χ4v) is 5.62. The Kier molecular flexibility index (Phi) is 6.52. The summed E-state index contributed by atoms with van der Waals surface area (Å²) < 4.78 is 8.83. The summed E-state index contributed by atoms with van der Waals surface area (Å²) in [5, 5.41) is 9.69. The summed E-state index contributed by atoms with van der Waals surface area (Å²) in [6, 6.07) is 22.5. The molecule has 1 atom stereocenters. The molecule has 3 aromatic carbocycles. The molecule has 1 aliphatic heterocycles. The van der Waals surface area contributed by atoms with E-state index >= 15 is 0 Å². The van der Waals surface area contributed by atoms with Crippen molar-refractivity contribution in [3.8, 4) is 11.4 Å². The highest BCUT2D eigenvalue weighted by Gasteiger charge is 2.27. The van der Waals surface area contributed by atoms with E-state index in [9.17, 15) is 4.79 Å². The Hall–Kier alpha value is -3.49. The summed E-state index contributed by atoms with van der Waals surface area (Å²) in [5.74, 6) is 1.12. The van der Waals surface area contributed by atoms with E-state index in [-0.39, 0.29) is 11.8 Å². The van der Waals surface area contributed by atoms with E-state index < -0.39 is 0 Å². The van der Waals surface area contributed by atoms with Gasteiger partial charge in [0.2, 0.25) is 17.6 Å². The summed E-state index contributed by atoms with van der Waals surface area (Å²) in [6.45, 7) is 5.17. The van der Waals surface area contributed by atoms with Gasteiger partial charge in [-0.05, 0) is 74.8 Å². The average Bonchev–Trinajstić information content (AvgIpc) is 3.51. The van der Waals surface area contributed by atoms with Crippen LogP contribution in [0.1, 0.15) is 25.7 Å². The van der Waals surface area contributed by atoms with E-state index in [2.05, 4.69) is 84.2 Å². The summed E-state index contributed by atoms with van der Waals surface area (Å²) in [5.41, 5.74) is 4.15. The second-order valence-electron chi connectivity index (χ2n) is 9.58. The van der Waals surface area contributed by atoms with Crippen LogP contribution >= 0.6 is 15.9 Å². The number of piperidine rings is 1. The van der Waals surface area contributed by atoms with Gasteiger partial charge in [0.1, 0.15) is 0 Å². The van der Waals surface area contributed by atoms with Crippen molar-refractivity contribution in [3.05, 3.63) is 77.1 Å². The van der Waals surface area contributed by atoms with Gasteiger partial charge in [0.25, 0.3) is 0 Å². The molecule has 2 aromatic heterocycles. The predicted octanol–water partition coefficient (Wildman–Crippen LogP) is 6.48. The number of aryl methyl sites for hydroxylation is 1. The number of aromatic nitrogens is 3. The Bertz CT molecular complexity index is 1570. The van der Waals surface area contributed by atoms with Gasteiger partial charge in [0.15, 0.2) is 0 Å². The number of nitrogens with one attached hydrogen (secondary N) is 1. The zero-order valence-corrected chi connectivity index (χ0v) is 22.2. The molecule has 7 nitrogen and oxygen atoms in total. The molecule has 0 saturated carbocycles. The smallest absolute Gasteiger partial charge is 0.241 e. The number of halogens is 1. The van der Waals surface area contributed by atoms with E-state index in [0.717, 1.165) is 41.7 Å². The van der Waals surface area contributed by atoms with Crippen LogP contribution in [0.3, 0.4) is 0 Å². The van der Waals surface area contributed by atoms with Crippen LogP contribution in [0.5, 0.6) is 0 Å². The third kappa shape index (κ3) is 4.79. The van der Waals surface area contributed by atoms with Crippen molar-refractivity contribution >= 4 is 49.3 Å². The third-order valence-electron chi connectivity index (χ3n) is 7.16. The standard InChI is InChI=1S/C29H28BrN5O2/c1-2-35-25-8-4-3-7-23(25)24-16-22(13-14-26(24)35)31-29(36)20-6-5-15-34(17-20)18-27-32-28(33-37-27)19-9-11-21(30)12-10-19/h3-4,7-14,16,20H,2,5-6,15,17-18H2,1H3,(H,31,36). The minimum Gasteiger partial charge on any atom is -0.341 e. The molecule has 1 saturated heterocycles. The SMILES string of the molecule is CCn1c2ccccc2c2cc(NC(=O)C3CCCN(Cc4nc(-c5ccc(Br)cc5)no4)C3)ccc21. The highest BCUT2D eigenvalue weighted by Crippen LogP contribution is 2.31. The van der Waals surface area contributed by atoms with Gasteiger partial charge in [-0.3, -0.25) is 9.69 Å². The van der Waals surface area contributed by atoms with Crippen molar-refractivity contribution in [2.75, 3.05) is 18.4 Å². The van der Waals surface area contributed by atoms with Crippen molar-refractivity contribution < 1.29 is 9.32 Å². The molecule has 6 rings (SSSR count). The maximum atomic E-state index is 13.2. The highest BCUT2D eigenvalue weighted by atomic mass is 79.9. The van der Waals surface area contributed by atoms with E-state index in [4.69, 9.17) is 4.52 Å². The first-order valence-corrected chi connectivity index (χ1v) is 13.5. The molecule has 188 valence electrons. The number of amides is 1. The second kappa shape index (κ2) is 10.1. The van der Waals surface area contributed by atoms with Crippen LogP contribution in [0.15, 0.2) is 75.7 Å². The van der Waals surface area contributed by atoms with Gasteiger partial charge in [0.05, 0.1) is 12.5 Å². The van der Waals surface area contributed by atoms with Crippen molar-refractivity contribution in [2.45, 2.75) is 32.9 Å². The number of hydrogen-bond acceptors (Lipinski definition) is 5. The van der Waals surface area contributed by atoms with Crippen LogP contribution in [0.25, 0.3) is 33.2 Å². The summed E-state index contributed by atoms with van der Waals surface area (Å²) in [6.07, 6.45) is 1.82. The number of likely N-dealkylation sites (tertiary alicyclic amines) is 1. The van der Waals surface area contributed by atoms with Crippen molar-refractivity contribution in [2.24, 2.45) is 5.92 Å². The number of anilines is 1. The first kappa shape index (κ1) is 23.9. The van der Waals surface area contributed by atoms with Crippen molar-refractivity contribution in [3.63, 3.8) is 0 Å². The zero-order chi connectivity index (χ0) is 25.4. The quantitative estimate of drug-likeness (QED) is 0.258. The van der Waals surface area contributed by atoms with Gasteiger partial charge in [0, 0.05) is 50.6 Å². The Morgan fingerprint density at radius 2 is 1.89 bits per heavy atom. The third-order valence-corrected chi connectivity index (χ3v) is 7.69. The van der Waals surface area contributed by atoms with Gasteiger partial charge < -0.3 is 14.4 Å². The molecule has 1 N–H and O–H groups in total. The molecule has 0 bridgehead atoms. The lowest BCUT2D eigenvalue weighted by atomic mass is 9.97. The molecular formula is C29H28BrN5O2. The van der Waals surface area contributed by atoms with Crippen LogP contribution in [-0.4, -0.2) is 38.6 Å². The Labute approximate surface area is 223 Å². The van der Waals surface area contributed by atoms with E-state index in [1.807, 2.05) is 30.3 Å². The molecule has 1 fully saturated rings.